The molecule has 0 heterocycles. The Labute approximate surface area is 194 Å². The first-order valence-electron chi connectivity index (χ1n) is 12.4. The Kier molecular flexibility index (Phi) is 9.29. The van der Waals surface area contributed by atoms with Gasteiger partial charge in [-0.1, -0.05) is 107 Å². The van der Waals surface area contributed by atoms with Crippen LogP contribution in [0.25, 0.3) is 11.1 Å². The number of allylic oxidation sites excluding steroid dienone is 2. The fraction of sp³-hybridized carbons (Fsp3) is 0.467. The topological polar surface area (TPSA) is 9.23 Å². The van der Waals surface area contributed by atoms with Gasteiger partial charge in [0.05, 0.1) is 0 Å². The first-order chi connectivity index (χ1) is 15.6. The van der Waals surface area contributed by atoms with Crippen molar-refractivity contribution in [2.75, 3.05) is 6.61 Å². The summed E-state index contributed by atoms with van der Waals surface area (Å²) in [4.78, 5) is 0. The summed E-state index contributed by atoms with van der Waals surface area (Å²) in [7, 11) is 0. The van der Waals surface area contributed by atoms with Gasteiger partial charge in [0.15, 0.2) is 0 Å². The average molecular weight is 435 g/mol. The van der Waals surface area contributed by atoms with Crippen molar-refractivity contribution < 1.29 is 9.13 Å². The summed E-state index contributed by atoms with van der Waals surface area (Å²) >= 11 is 0. The van der Waals surface area contributed by atoms with E-state index in [1.165, 1.54) is 25.7 Å². The Balaban J connectivity index is 1.69. The molecular weight excluding hydrogens is 395 g/mol. The van der Waals surface area contributed by atoms with E-state index in [2.05, 4.69) is 45.1 Å². The van der Waals surface area contributed by atoms with Crippen molar-refractivity contribution in [1.29, 1.82) is 0 Å². The molecule has 0 bridgehead atoms. The number of ether oxygens (including phenoxy) is 1. The summed E-state index contributed by atoms with van der Waals surface area (Å²) in [6, 6.07) is 15.6. The molecule has 0 spiro atoms. The smallest absolute Gasteiger partial charge is 0.127 e. The summed E-state index contributed by atoms with van der Waals surface area (Å²) in [6.07, 6.45) is 16.7. The Hall–Kier alpha value is -2.19. The molecule has 172 valence electrons. The maximum absolute atomic E-state index is 15.0. The molecule has 0 aliphatic heterocycles. The van der Waals surface area contributed by atoms with Gasteiger partial charge in [0.25, 0.3) is 0 Å². The fourth-order valence-electron chi connectivity index (χ4n) is 4.35. The first kappa shape index (κ1) is 24.5. The fourth-order valence-corrected chi connectivity index (χ4v) is 4.35. The lowest BCUT2D eigenvalue weighted by atomic mass is 9.84. The van der Waals surface area contributed by atoms with Crippen molar-refractivity contribution >= 4 is 0 Å². The molecule has 0 unspecified atom stereocenters. The van der Waals surface area contributed by atoms with Gasteiger partial charge in [0.1, 0.15) is 11.4 Å². The highest BCUT2D eigenvalue weighted by atomic mass is 19.1. The Morgan fingerprint density at radius 2 is 1.69 bits per heavy atom. The van der Waals surface area contributed by atoms with E-state index in [1.807, 2.05) is 42.5 Å². The molecule has 0 saturated heterocycles. The second kappa shape index (κ2) is 12.2. The van der Waals surface area contributed by atoms with Gasteiger partial charge in [-0.15, -0.1) is 0 Å². The monoisotopic (exact) mass is 434 g/mol. The van der Waals surface area contributed by atoms with Crippen LogP contribution in [0.4, 0.5) is 4.39 Å². The highest BCUT2D eigenvalue weighted by Crippen LogP contribution is 2.34. The normalized spacial score (nSPS) is 21.1. The van der Waals surface area contributed by atoms with E-state index >= 15 is 4.39 Å². The molecular formula is C30H39FO. The number of benzene rings is 2. The van der Waals surface area contributed by atoms with Crippen LogP contribution in [0.3, 0.4) is 0 Å². The molecule has 3 rings (SSSR count). The number of rotatable bonds is 12. The average Bonchev–Trinajstić information content (AvgIpc) is 2.83. The zero-order valence-electron chi connectivity index (χ0n) is 20.0. The van der Waals surface area contributed by atoms with E-state index in [9.17, 15) is 0 Å². The zero-order valence-corrected chi connectivity index (χ0v) is 20.0. The highest BCUT2D eigenvalue weighted by Gasteiger charge is 2.28. The standard InChI is InChI=1S/C30H39FO/c1-4-6-10-19-30(32-22-11-12-24(3)5-2)20-17-26(18-21-30)28-16-15-27(23-29(28)31)25-13-8-7-9-14-25/h7-9,13-18,20-21,23-24,26H,4-6,10-12,19,22H2,1-3H3/t24-,26?,30?/m0/s1. The van der Waals surface area contributed by atoms with Crippen LogP contribution in [0.1, 0.15) is 77.2 Å². The molecule has 0 saturated carbocycles. The minimum Gasteiger partial charge on any atom is -0.367 e. The number of unbranched alkanes of at least 4 members (excludes halogenated alkanes) is 2. The highest BCUT2D eigenvalue weighted by molar-refractivity contribution is 5.64. The third kappa shape index (κ3) is 6.65. The molecule has 2 aromatic rings. The predicted molar refractivity (Wildman–Crippen MR) is 134 cm³/mol. The van der Waals surface area contributed by atoms with Crippen molar-refractivity contribution in [2.45, 2.75) is 77.2 Å². The number of halogens is 1. The SMILES string of the molecule is CCCCCC1(OCCC[C@@H](C)CC)C=CC(c2ccc(-c3ccccc3)cc2F)C=C1. The van der Waals surface area contributed by atoms with Gasteiger partial charge in [-0.3, -0.25) is 0 Å². The Bertz CT molecular complexity index is 869. The van der Waals surface area contributed by atoms with Crippen LogP contribution < -0.4 is 0 Å². The van der Waals surface area contributed by atoms with Crippen molar-refractivity contribution in [3.8, 4) is 11.1 Å². The predicted octanol–water partition coefficient (Wildman–Crippen LogP) is 8.86. The maximum atomic E-state index is 15.0. The molecule has 0 amide bonds. The number of hydrogen-bond acceptors (Lipinski definition) is 1. The quantitative estimate of drug-likeness (QED) is 0.239. The van der Waals surface area contributed by atoms with Gasteiger partial charge in [-0.2, -0.15) is 0 Å². The van der Waals surface area contributed by atoms with E-state index in [1.54, 1.807) is 6.07 Å². The molecule has 1 aliphatic carbocycles. The van der Waals surface area contributed by atoms with Gasteiger partial charge in [0, 0.05) is 12.5 Å². The molecule has 1 aliphatic rings. The van der Waals surface area contributed by atoms with Gasteiger partial charge in [-0.05, 0) is 54.4 Å². The van der Waals surface area contributed by atoms with Crippen LogP contribution >= 0.6 is 0 Å². The third-order valence-electron chi connectivity index (χ3n) is 6.72. The molecule has 0 aromatic heterocycles. The summed E-state index contributed by atoms with van der Waals surface area (Å²) < 4.78 is 21.5. The van der Waals surface area contributed by atoms with E-state index in [0.717, 1.165) is 48.5 Å². The van der Waals surface area contributed by atoms with Crippen LogP contribution in [0.15, 0.2) is 72.8 Å². The summed E-state index contributed by atoms with van der Waals surface area (Å²) in [5.41, 5.74) is 2.32. The van der Waals surface area contributed by atoms with Gasteiger partial charge in [-0.25, -0.2) is 4.39 Å². The molecule has 32 heavy (non-hydrogen) atoms. The zero-order chi connectivity index (χ0) is 22.8. The van der Waals surface area contributed by atoms with E-state index < -0.39 is 0 Å². The van der Waals surface area contributed by atoms with Gasteiger partial charge < -0.3 is 4.74 Å². The Morgan fingerprint density at radius 1 is 0.938 bits per heavy atom. The maximum Gasteiger partial charge on any atom is 0.127 e. The van der Waals surface area contributed by atoms with Crippen LogP contribution in [-0.4, -0.2) is 12.2 Å². The van der Waals surface area contributed by atoms with E-state index in [4.69, 9.17) is 4.74 Å². The molecule has 1 atom stereocenters. The lowest BCUT2D eigenvalue weighted by Crippen LogP contribution is -2.30. The lowest BCUT2D eigenvalue weighted by Gasteiger charge is -2.32. The lowest BCUT2D eigenvalue weighted by molar-refractivity contribution is 0.0150. The van der Waals surface area contributed by atoms with Gasteiger partial charge in [0.2, 0.25) is 0 Å². The molecule has 2 heteroatoms. The first-order valence-corrected chi connectivity index (χ1v) is 12.4. The largest absolute Gasteiger partial charge is 0.367 e. The van der Waals surface area contributed by atoms with Crippen LogP contribution in [0, 0.1) is 11.7 Å². The molecule has 2 aromatic carbocycles. The van der Waals surface area contributed by atoms with Crippen molar-refractivity contribution in [3.05, 3.63) is 84.2 Å². The van der Waals surface area contributed by atoms with Crippen LogP contribution in [0.5, 0.6) is 0 Å². The van der Waals surface area contributed by atoms with E-state index in [0.29, 0.717) is 0 Å². The van der Waals surface area contributed by atoms with Gasteiger partial charge >= 0.3 is 0 Å². The second-order valence-electron chi connectivity index (χ2n) is 9.26. The van der Waals surface area contributed by atoms with Crippen LogP contribution in [-0.2, 0) is 4.74 Å². The van der Waals surface area contributed by atoms with Crippen molar-refractivity contribution in [2.24, 2.45) is 5.92 Å². The molecule has 0 fully saturated rings. The second-order valence-corrected chi connectivity index (χ2v) is 9.26. The van der Waals surface area contributed by atoms with Crippen molar-refractivity contribution in [1.82, 2.24) is 0 Å². The third-order valence-corrected chi connectivity index (χ3v) is 6.72. The summed E-state index contributed by atoms with van der Waals surface area (Å²) in [5, 5.41) is 0. The molecule has 0 radical (unpaired) electrons. The van der Waals surface area contributed by atoms with Crippen molar-refractivity contribution in [3.63, 3.8) is 0 Å². The minimum atomic E-state index is -0.346. The van der Waals surface area contributed by atoms with Crippen LogP contribution in [0.2, 0.25) is 0 Å². The Morgan fingerprint density at radius 3 is 2.34 bits per heavy atom. The summed E-state index contributed by atoms with van der Waals surface area (Å²) in [6.45, 7) is 7.55. The summed E-state index contributed by atoms with van der Waals surface area (Å²) in [5.74, 6) is 0.541. The van der Waals surface area contributed by atoms with E-state index in [-0.39, 0.29) is 17.3 Å². The molecule has 1 nitrogen and oxygen atoms in total. The number of hydrogen-bond donors (Lipinski definition) is 0. The minimum absolute atomic E-state index is 0.0529. The molecule has 0 N–H and O–H groups in total.